The average Bonchev–Trinajstić information content (AvgIpc) is 2.39. The van der Waals surface area contributed by atoms with Gasteiger partial charge >= 0.3 is 0 Å². The van der Waals surface area contributed by atoms with Crippen molar-refractivity contribution in [3.63, 3.8) is 0 Å². The Kier molecular flexibility index (Phi) is 4.31. The number of aryl methyl sites for hydroxylation is 1. The van der Waals surface area contributed by atoms with Crippen molar-refractivity contribution in [2.75, 3.05) is 11.1 Å². The van der Waals surface area contributed by atoms with Crippen LogP contribution in [0.4, 0.5) is 5.69 Å². The Balaban J connectivity index is 2.46. The second-order valence-corrected chi connectivity index (χ2v) is 5.08. The van der Waals surface area contributed by atoms with E-state index in [9.17, 15) is 4.79 Å². The summed E-state index contributed by atoms with van der Waals surface area (Å²) in [5.41, 5.74) is 13.3. The van der Waals surface area contributed by atoms with Gasteiger partial charge in [0.25, 0.3) is 5.91 Å². The highest BCUT2D eigenvalue weighted by atomic mass is 79.9. The standard InChI is InChI=1S/C13H15BrN4O/c14-7-2-1-4-8-5-3-6-9-10(15)12(13(16)19)18-17-11(8)9/h3,5-6H,1-2,4,7H2,(H2,15,17)(H2,16,19). The Bertz CT molecular complexity index is 615. The van der Waals surface area contributed by atoms with Gasteiger partial charge in [-0.05, 0) is 24.8 Å². The van der Waals surface area contributed by atoms with E-state index in [1.807, 2.05) is 18.2 Å². The molecule has 0 saturated carbocycles. The smallest absolute Gasteiger partial charge is 0.271 e. The van der Waals surface area contributed by atoms with E-state index in [1.165, 1.54) is 0 Å². The van der Waals surface area contributed by atoms with Crippen molar-refractivity contribution < 1.29 is 4.79 Å². The molecule has 0 fully saturated rings. The summed E-state index contributed by atoms with van der Waals surface area (Å²) in [7, 11) is 0. The Labute approximate surface area is 119 Å². The molecule has 0 radical (unpaired) electrons. The molecule has 0 bridgehead atoms. The first-order valence-corrected chi connectivity index (χ1v) is 7.16. The number of hydrogen-bond acceptors (Lipinski definition) is 4. The lowest BCUT2D eigenvalue weighted by Crippen LogP contribution is -2.17. The van der Waals surface area contributed by atoms with E-state index >= 15 is 0 Å². The number of hydrogen-bond donors (Lipinski definition) is 2. The van der Waals surface area contributed by atoms with Crippen LogP contribution in [0.3, 0.4) is 0 Å². The molecular weight excluding hydrogens is 308 g/mol. The van der Waals surface area contributed by atoms with Gasteiger partial charge in [0.2, 0.25) is 0 Å². The van der Waals surface area contributed by atoms with E-state index in [1.54, 1.807) is 0 Å². The highest BCUT2D eigenvalue weighted by Crippen LogP contribution is 2.24. The van der Waals surface area contributed by atoms with Gasteiger partial charge in [-0.3, -0.25) is 4.79 Å². The van der Waals surface area contributed by atoms with Crippen LogP contribution in [0.2, 0.25) is 0 Å². The molecule has 2 aromatic rings. The zero-order chi connectivity index (χ0) is 13.8. The van der Waals surface area contributed by atoms with E-state index < -0.39 is 5.91 Å². The molecule has 19 heavy (non-hydrogen) atoms. The minimum absolute atomic E-state index is 0.0325. The van der Waals surface area contributed by atoms with E-state index in [-0.39, 0.29) is 5.69 Å². The zero-order valence-electron chi connectivity index (χ0n) is 10.4. The molecule has 0 aliphatic rings. The number of nitrogen functional groups attached to an aromatic ring is 1. The maximum Gasteiger partial charge on any atom is 0.271 e. The highest BCUT2D eigenvalue weighted by Gasteiger charge is 2.13. The molecule has 1 aromatic carbocycles. The van der Waals surface area contributed by atoms with Gasteiger partial charge in [0.05, 0.1) is 11.2 Å². The molecule has 0 atom stereocenters. The van der Waals surface area contributed by atoms with E-state index in [4.69, 9.17) is 11.5 Å². The van der Waals surface area contributed by atoms with E-state index in [2.05, 4.69) is 26.1 Å². The quantitative estimate of drug-likeness (QED) is 0.650. The number of nitrogens with zero attached hydrogens (tertiary/aromatic N) is 2. The number of carbonyl (C=O) groups excluding carboxylic acids is 1. The summed E-state index contributed by atoms with van der Waals surface area (Å²) < 4.78 is 0. The third-order valence-corrected chi connectivity index (χ3v) is 3.54. The van der Waals surface area contributed by atoms with E-state index in [0.29, 0.717) is 5.69 Å². The molecular formula is C13H15BrN4O. The molecule has 0 aliphatic heterocycles. The van der Waals surface area contributed by atoms with Crippen molar-refractivity contribution in [1.82, 2.24) is 10.2 Å². The fourth-order valence-electron chi connectivity index (χ4n) is 2.00. The lowest BCUT2D eigenvalue weighted by molar-refractivity contribution is 0.0996. The van der Waals surface area contributed by atoms with Gasteiger partial charge in [-0.25, -0.2) is 0 Å². The number of primary amides is 1. The molecule has 5 nitrogen and oxygen atoms in total. The van der Waals surface area contributed by atoms with E-state index in [0.717, 1.165) is 41.1 Å². The van der Waals surface area contributed by atoms with Gasteiger partial charge in [-0.2, -0.15) is 0 Å². The second-order valence-electron chi connectivity index (χ2n) is 4.29. The number of alkyl halides is 1. The Morgan fingerprint density at radius 2 is 2.05 bits per heavy atom. The van der Waals surface area contributed by atoms with Crippen molar-refractivity contribution in [3.05, 3.63) is 29.5 Å². The highest BCUT2D eigenvalue weighted by molar-refractivity contribution is 9.09. The maximum absolute atomic E-state index is 11.2. The van der Waals surface area contributed by atoms with Crippen molar-refractivity contribution in [2.24, 2.45) is 5.73 Å². The lowest BCUT2D eigenvalue weighted by atomic mass is 10.0. The lowest BCUT2D eigenvalue weighted by Gasteiger charge is -2.08. The van der Waals surface area contributed by atoms with Crippen LogP contribution < -0.4 is 11.5 Å². The average molecular weight is 323 g/mol. The predicted molar refractivity (Wildman–Crippen MR) is 79.2 cm³/mol. The maximum atomic E-state index is 11.2. The monoisotopic (exact) mass is 322 g/mol. The topological polar surface area (TPSA) is 94.9 Å². The van der Waals surface area contributed by atoms with Crippen LogP contribution in [0, 0.1) is 0 Å². The van der Waals surface area contributed by atoms with Crippen LogP contribution in [0.5, 0.6) is 0 Å². The van der Waals surface area contributed by atoms with Crippen LogP contribution in [0.25, 0.3) is 10.9 Å². The predicted octanol–water partition coefficient (Wildman–Crippen LogP) is 2.03. The molecule has 0 saturated heterocycles. The number of rotatable bonds is 5. The summed E-state index contributed by atoms with van der Waals surface area (Å²) in [6.07, 6.45) is 3.06. The number of halogens is 1. The van der Waals surface area contributed by atoms with Crippen molar-refractivity contribution in [3.8, 4) is 0 Å². The fourth-order valence-corrected chi connectivity index (χ4v) is 2.40. The molecule has 100 valence electrons. The number of unbranched alkanes of at least 4 members (excludes halogenated alkanes) is 1. The minimum atomic E-state index is -0.656. The largest absolute Gasteiger partial charge is 0.396 e. The summed E-state index contributed by atoms with van der Waals surface area (Å²) in [4.78, 5) is 11.2. The minimum Gasteiger partial charge on any atom is -0.396 e. The Morgan fingerprint density at radius 1 is 1.26 bits per heavy atom. The van der Waals surface area contributed by atoms with Crippen LogP contribution in [0.15, 0.2) is 18.2 Å². The summed E-state index contributed by atoms with van der Waals surface area (Å²) in [5, 5.41) is 9.66. The second kappa shape index (κ2) is 5.97. The van der Waals surface area contributed by atoms with Gasteiger partial charge in [-0.15, -0.1) is 10.2 Å². The zero-order valence-corrected chi connectivity index (χ0v) is 12.0. The molecule has 1 heterocycles. The summed E-state index contributed by atoms with van der Waals surface area (Å²) in [6.45, 7) is 0. The van der Waals surface area contributed by atoms with Crippen molar-refractivity contribution >= 4 is 38.4 Å². The molecule has 0 unspecified atom stereocenters. The summed E-state index contributed by atoms with van der Waals surface area (Å²) >= 11 is 3.41. The first-order valence-electron chi connectivity index (χ1n) is 6.04. The van der Waals surface area contributed by atoms with Crippen molar-refractivity contribution in [1.29, 1.82) is 0 Å². The third-order valence-electron chi connectivity index (χ3n) is 2.98. The first kappa shape index (κ1) is 13.7. The normalized spacial score (nSPS) is 10.8. The van der Waals surface area contributed by atoms with Gasteiger partial charge in [-0.1, -0.05) is 34.1 Å². The number of anilines is 1. The SMILES string of the molecule is NC(=O)c1nnc2c(CCCCBr)cccc2c1N. The van der Waals surface area contributed by atoms with Crippen LogP contribution in [-0.4, -0.2) is 21.4 Å². The molecule has 6 heteroatoms. The Hall–Kier alpha value is -1.69. The number of benzene rings is 1. The molecule has 1 amide bonds. The molecule has 2 rings (SSSR count). The molecule has 0 spiro atoms. The summed E-state index contributed by atoms with van der Waals surface area (Å²) in [6, 6.07) is 5.75. The molecule has 0 aliphatic carbocycles. The third kappa shape index (κ3) is 2.84. The number of carbonyl (C=O) groups is 1. The van der Waals surface area contributed by atoms with Gasteiger partial charge in [0, 0.05) is 10.7 Å². The molecule has 4 N–H and O–H groups in total. The van der Waals surface area contributed by atoms with Gasteiger partial charge in [0.15, 0.2) is 5.69 Å². The van der Waals surface area contributed by atoms with Gasteiger partial charge in [0.1, 0.15) is 0 Å². The number of fused-ring (bicyclic) bond motifs is 1. The summed E-state index contributed by atoms with van der Waals surface area (Å²) in [5.74, 6) is -0.656. The Morgan fingerprint density at radius 3 is 2.74 bits per heavy atom. The molecule has 1 aromatic heterocycles. The number of amides is 1. The first-order chi connectivity index (χ1) is 9.15. The van der Waals surface area contributed by atoms with Crippen LogP contribution in [0.1, 0.15) is 28.9 Å². The number of aromatic nitrogens is 2. The van der Waals surface area contributed by atoms with Crippen molar-refractivity contribution in [2.45, 2.75) is 19.3 Å². The fraction of sp³-hybridized carbons (Fsp3) is 0.308. The van der Waals surface area contributed by atoms with Crippen LogP contribution in [-0.2, 0) is 6.42 Å². The van der Waals surface area contributed by atoms with Crippen LogP contribution >= 0.6 is 15.9 Å². The van der Waals surface area contributed by atoms with Gasteiger partial charge < -0.3 is 11.5 Å². The number of nitrogens with two attached hydrogens (primary N) is 2.